The van der Waals surface area contributed by atoms with Crippen LogP contribution in [0.1, 0.15) is 24.1 Å². The summed E-state index contributed by atoms with van der Waals surface area (Å²) in [4.78, 5) is 4.36. The van der Waals surface area contributed by atoms with E-state index in [1.807, 2.05) is 37.3 Å². The number of hydrogen-bond acceptors (Lipinski definition) is 5. The van der Waals surface area contributed by atoms with Crippen LogP contribution in [0.5, 0.6) is 0 Å². The third-order valence-electron chi connectivity index (χ3n) is 3.62. The SMILES string of the molecule is CC(Nc1nncc(NCc2ccccc2F)n1)c1ccccc1. The third-order valence-corrected chi connectivity index (χ3v) is 3.62. The lowest BCUT2D eigenvalue weighted by atomic mass is 10.1. The van der Waals surface area contributed by atoms with E-state index < -0.39 is 0 Å². The summed E-state index contributed by atoms with van der Waals surface area (Å²) >= 11 is 0. The molecular weight excluding hydrogens is 305 g/mol. The summed E-state index contributed by atoms with van der Waals surface area (Å²) < 4.78 is 13.6. The number of aromatic nitrogens is 3. The summed E-state index contributed by atoms with van der Waals surface area (Å²) in [7, 11) is 0. The summed E-state index contributed by atoms with van der Waals surface area (Å²) in [6, 6.07) is 16.7. The summed E-state index contributed by atoms with van der Waals surface area (Å²) in [5.41, 5.74) is 1.70. The van der Waals surface area contributed by atoms with E-state index in [1.54, 1.807) is 18.2 Å². The molecule has 0 aliphatic rings. The van der Waals surface area contributed by atoms with Crippen molar-refractivity contribution in [1.29, 1.82) is 0 Å². The Morgan fingerprint density at radius 1 is 1.04 bits per heavy atom. The molecule has 1 unspecified atom stereocenters. The topological polar surface area (TPSA) is 62.7 Å². The van der Waals surface area contributed by atoms with Gasteiger partial charge in [0.1, 0.15) is 5.82 Å². The maximum Gasteiger partial charge on any atom is 0.245 e. The first-order valence-electron chi connectivity index (χ1n) is 7.71. The molecule has 0 saturated carbocycles. The molecule has 1 heterocycles. The molecule has 1 atom stereocenters. The number of nitrogens with zero attached hydrogens (tertiary/aromatic N) is 3. The third kappa shape index (κ3) is 4.04. The quantitative estimate of drug-likeness (QED) is 0.722. The molecule has 3 rings (SSSR count). The second kappa shape index (κ2) is 7.50. The van der Waals surface area contributed by atoms with Gasteiger partial charge in [-0.2, -0.15) is 10.1 Å². The van der Waals surface area contributed by atoms with Gasteiger partial charge >= 0.3 is 0 Å². The molecule has 122 valence electrons. The van der Waals surface area contributed by atoms with Gasteiger partial charge in [0.25, 0.3) is 0 Å². The van der Waals surface area contributed by atoms with Gasteiger partial charge < -0.3 is 10.6 Å². The van der Waals surface area contributed by atoms with Crippen LogP contribution < -0.4 is 10.6 Å². The van der Waals surface area contributed by atoms with Crippen LogP contribution in [0.4, 0.5) is 16.2 Å². The maximum atomic E-state index is 13.6. The van der Waals surface area contributed by atoms with E-state index in [1.165, 1.54) is 12.3 Å². The van der Waals surface area contributed by atoms with E-state index in [0.29, 0.717) is 23.9 Å². The molecule has 5 nitrogen and oxygen atoms in total. The van der Waals surface area contributed by atoms with Gasteiger partial charge in [0.05, 0.1) is 12.2 Å². The van der Waals surface area contributed by atoms with Crippen molar-refractivity contribution in [2.75, 3.05) is 10.6 Å². The van der Waals surface area contributed by atoms with Crippen molar-refractivity contribution in [3.63, 3.8) is 0 Å². The molecule has 2 aromatic carbocycles. The number of anilines is 2. The zero-order chi connectivity index (χ0) is 16.8. The van der Waals surface area contributed by atoms with Crippen LogP contribution in [0, 0.1) is 5.82 Å². The van der Waals surface area contributed by atoms with Crippen molar-refractivity contribution in [2.45, 2.75) is 19.5 Å². The van der Waals surface area contributed by atoms with Crippen molar-refractivity contribution < 1.29 is 4.39 Å². The van der Waals surface area contributed by atoms with E-state index in [9.17, 15) is 4.39 Å². The van der Waals surface area contributed by atoms with Crippen molar-refractivity contribution in [2.24, 2.45) is 0 Å². The van der Waals surface area contributed by atoms with Gasteiger partial charge in [0.2, 0.25) is 5.95 Å². The van der Waals surface area contributed by atoms with E-state index >= 15 is 0 Å². The molecule has 0 radical (unpaired) electrons. The minimum atomic E-state index is -0.247. The molecule has 0 aliphatic carbocycles. The van der Waals surface area contributed by atoms with E-state index in [2.05, 4.69) is 25.8 Å². The molecule has 1 aromatic heterocycles. The minimum Gasteiger partial charge on any atom is -0.364 e. The number of rotatable bonds is 6. The first-order valence-corrected chi connectivity index (χ1v) is 7.71. The molecule has 3 aromatic rings. The van der Waals surface area contributed by atoms with Crippen LogP contribution in [0.3, 0.4) is 0 Å². The number of benzene rings is 2. The lowest BCUT2D eigenvalue weighted by molar-refractivity contribution is 0.613. The molecule has 6 heteroatoms. The van der Waals surface area contributed by atoms with Crippen LogP contribution in [-0.2, 0) is 6.54 Å². The van der Waals surface area contributed by atoms with Gasteiger partial charge in [0, 0.05) is 12.1 Å². The van der Waals surface area contributed by atoms with E-state index in [4.69, 9.17) is 0 Å². The lowest BCUT2D eigenvalue weighted by Gasteiger charge is -2.14. The Balaban J connectivity index is 1.65. The fourth-order valence-corrected chi connectivity index (χ4v) is 2.30. The summed E-state index contributed by atoms with van der Waals surface area (Å²) in [5.74, 6) is 0.712. The van der Waals surface area contributed by atoms with Crippen LogP contribution >= 0.6 is 0 Å². The molecule has 0 spiro atoms. The highest BCUT2D eigenvalue weighted by Crippen LogP contribution is 2.17. The van der Waals surface area contributed by atoms with Gasteiger partial charge in [-0.25, -0.2) is 4.39 Å². The Morgan fingerprint density at radius 2 is 1.79 bits per heavy atom. The second-order valence-electron chi connectivity index (χ2n) is 5.39. The minimum absolute atomic E-state index is 0.0508. The van der Waals surface area contributed by atoms with Gasteiger partial charge in [-0.3, -0.25) is 0 Å². The number of nitrogens with one attached hydrogen (secondary N) is 2. The molecule has 24 heavy (non-hydrogen) atoms. The smallest absolute Gasteiger partial charge is 0.245 e. The number of hydrogen-bond donors (Lipinski definition) is 2. The predicted octanol–water partition coefficient (Wildman–Crippen LogP) is 3.80. The zero-order valence-electron chi connectivity index (χ0n) is 13.3. The first kappa shape index (κ1) is 15.9. The molecule has 0 aliphatic heterocycles. The monoisotopic (exact) mass is 323 g/mol. The molecule has 0 bridgehead atoms. The van der Waals surface area contributed by atoms with Crippen molar-refractivity contribution >= 4 is 11.8 Å². The molecule has 0 saturated heterocycles. The molecule has 0 amide bonds. The summed E-state index contributed by atoms with van der Waals surface area (Å²) in [6.45, 7) is 2.36. The standard InChI is InChI=1S/C18H18FN5/c1-13(14-7-3-2-4-8-14)22-18-23-17(12-21-24-18)20-11-15-9-5-6-10-16(15)19/h2-10,12-13H,11H2,1H3,(H2,20,22,23,24). The fourth-order valence-electron chi connectivity index (χ4n) is 2.30. The highest BCUT2D eigenvalue weighted by atomic mass is 19.1. The Labute approximate surface area is 140 Å². The first-order chi connectivity index (χ1) is 11.7. The summed E-state index contributed by atoms with van der Waals surface area (Å²) in [5, 5.41) is 14.2. The van der Waals surface area contributed by atoms with Gasteiger partial charge in [-0.15, -0.1) is 5.10 Å². The van der Waals surface area contributed by atoms with Crippen molar-refractivity contribution in [3.8, 4) is 0 Å². The van der Waals surface area contributed by atoms with E-state index in [-0.39, 0.29) is 11.9 Å². The predicted molar refractivity (Wildman–Crippen MR) is 92.0 cm³/mol. The summed E-state index contributed by atoms with van der Waals surface area (Å²) in [6.07, 6.45) is 1.51. The van der Waals surface area contributed by atoms with Crippen LogP contribution in [0.15, 0.2) is 60.8 Å². The van der Waals surface area contributed by atoms with Gasteiger partial charge in [-0.1, -0.05) is 48.5 Å². The van der Waals surface area contributed by atoms with Crippen molar-refractivity contribution in [3.05, 3.63) is 77.7 Å². The Bertz CT molecular complexity index is 794. The van der Waals surface area contributed by atoms with Gasteiger partial charge in [0.15, 0.2) is 5.82 Å². The average molecular weight is 323 g/mol. The largest absolute Gasteiger partial charge is 0.364 e. The highest BCUT2D eigenvalue weighted by molar-refractivity contribution is 5.39. The Morgan fingerprint density at radius 3 is 2.58 bits per heavy atom. The van der Waals surface area contributed by atoms with Gasteiger partial charge in [-0.05, 0) is 18.6 Å². The molecule has 0 fully saturated rings. The molecule has 2 N–H and O–H groups in total. The van der Waals surface area contributed by atoms with Crippen molar-refractivity contribution in [1.82, 2.24) is 15.2 Å². The maximum absolute atomic E-state index is 13.6. The normalized spacial score (nSPS) is 11.8. The van der Waals surface area contributed by atoms with Crippen LogP contribution in [0.25, 0.3) is 0 Å². The number of halogens is 1. The van der Waals surface area contributed by atoms with Crippen LogP contribution in [0.2, 0.25) is 0 Å². The van der Waals surface area contributed by atoms with E-state index in [0.717, 1.165) is 5.56 Å². The second-order valence-corrected chi connectivity index (χ2v) is 5.39. The zero-order valence-corrected chi connectivity index (χ0v) is 13.3. The highest BCUT2D eigenvalue weighted by Gasteiger charge is 2.08. The lowest BCUT2D eigenvalue weighted by Crippen LogP contribution is -2.11. The fraction of sp³-hybridized carbons (Fsp3) is 0.167. The van der Waals surface area contributed by atoms with Crippen LogP contribution in [-0.4, -0.2) is 15.2 Å². The molecular formula is C18H18FN5. The Kier molecular flexibility index (Phi) is 4.96. The Hall–Kier alpha value is -3.02. The average Bonchev–Trinajstić information content (AvgIpc) is 2.62.